The van der Waals surface area contributed by atoms with Crippen molar-refractivity contribution in [3.63, 3.8) is 0 Å². The summed E-state index contributed by atoms with van der Waals surface area (Å²) in [5.74, 6) is -0.449. The highest BCUT2D eigenvalue weighted by Crippen LogP contribution is 2.26. The number of hydrogen-bond acceptors (Lipinski definition) is 2. The van der Waals surface area contributed by atoms with Crippen molar-refractivity contribution in [3.05, 3.63) is 34.1 Å². The number of sulfonamides is 1. The molecule has 0 saturated carbocycles. The van der Waals surface area contributed by atoms with Crippen LogP contribution in [-0.4, -0.2) is 14.7 Å². The van der Waals surface area contributed by atoms with Crippen LogP contribution < -0.4 is 4.72 Å². The Balaban J connectivity index is 3.17. The quantitative estimate of drug-likeness (QED) is 0.931. The third-order valence-electron chi connectivity index (χ3n) is 2.05. The highest BCUT2D eigenvalue weighted by molar-refractivity contribution is 9.10. The average molecular weight is 310 g/mol. The molecule has 0 spiro atoms. The summed E-state index contributed by atoms with van der Waals surface area (Å²) < 4.78 is 39.0. The molecule has 0 aliphatic rings. The van der Waals surface area contributed by atoms with Crippen molar-refractivity contribution < 1.29 is 12.8 Å². The predicted octanol–water partition coefficient (Wildman–Crippen LogP) is 2.37. The molecule has 0 radical (unpaired) electrons. The fraction of sp³-hybridized carbons (Fsp3) is 0.400. The summed E-state index contributed by atoms with van der Waals surface area (Å²) in [6.45, 7) is 3.22. The van der Waals surface area contributed by atoms with E-state index in [1.807, 2.05) is 0 Å². The molecule has 0 unspecified atom stereocenters. The lowest BCUT2D eigenvalue weighted by Gasteiger charge is -2.26. The van der Waals surface area contributed by atoms with Gasteiger partial charge >= 0.3 is 0 Å². The maximum Gasteiger partial charge on any atom is 0.209 e. The Bertz CT molecular complexity index is 500. The second-order valence-corrected chi connectivity index (χ2v) is 6.79. The third kappa shape index (κ3) is 3.54. The van der Waals surface area contributed by atoms with E-state index < -0.39 is 21.4 Å². The number of nitrogens with one attached hydrogen (secondary N) is 1. The summed E-state index contributed by atoms with van der Waals surface area (Å²) in [6, 6.07) is 4.53. The molecule has 0 aliphatic carbocycles. The fourth-order valence-electron chi connectivity index (χ4n) is 1.51. The molecule has 90 valence electrons. The first kappa shape index (κ1) is 13.6. The minimum absolute atomic E-state index is 0.307. The van der Waals surface area contributed by atoms with E-state index in [-0.39, 0.29) is 0 Å². The van der Waals surface area contributed by atoms with Crippen LogP contribution in [0.4, 0.5) is 4.39 Å². The molecular formula is C10H13BrFNO2S. The van der Waals surface area contributed by atoms with Crippen LogP contribution in [0.1, 0.15) is 19.4 Å². The molecule has 1 aromatic rings. The van der Waals surface area contributed by atoms with Crippen molar-refractivity contribution >= 4 is 26.0 Å². The van der Waals surface area contributed by atoms with Gasteiger partial charge in [-0.2, -0.15) is 0 Å². The van der Waals surface area contributed by atoms with Crippen molar-refractivity contribution in [1.29, 1.82) is 0 Å². The summed E-state index contributed by atoms with van der Waals surface area (Å²) in [6.07, 6.45) is 1.05. The molecule has 1 rings (SSSR count). The van der Waals surface area contributed by atoms with Gasteiger partial charge in [0.1, 0.15) is 5.82 Å². The maximum absolute atomic E-state index is 13.7. The third-order valence-corrected chi connectivity index (χ3v) is 3.42. The summed E-state index contributed by atoms with van der Waals surface area (Å²) in [4.78, 5) is 0. The molecule has 3 nitrogen and oxygen atoms in total. The lowest BCUT2D eigenvalue weighted by Crippen LogP contribution is -2.40. The summed E-state index contributed by atoms with van der Waals surface area (Å²) in [5, 5.41) is 0. The van der Waals surface area contributed by atoms with Crippen LogP contribution in [0.3, 0.4) is 0 Å². The van der Waals surface area contributed by atoms with Crippen LogP contribution in [0.5, 0.6) is 0 Å². The van der Waals surface area contributed by atoms with E-state index in [0.717, 1.165) is 6.26 Å². The van der Waals surface area contributed by atoms with Crippen LogP contribution in [0, 0.1) is 5.82 Å². The van der Waals surface area contributed by atoms with E-state index in [4.69, 9.17) is 0 Å². The summed E-state index contributed by atoms with van der Waals surface area (Å²) >= 11 is 3.15. The fourth-order valence-corrected chi connectivity index (χ4v) is 2.88. The van der Waals surface area contributed by atoms with Crippen LogP contribution in [0.2, 0.25) is 0 Å². The molecule has 0 fully saturated rings. The second kappa shape index (κ2) is 4.43. The molecule has 0 aromatic heterocycles. The topological polar surface area (TPSA) is 46.2 Å². The van der Waals surface area contributed by atoms with E-state index >= 15 is 0 Å². The lowest BCUT2D eigenvalue weighted by molar-refractivity contribution is 0.448. The van der Waals surface area contributed by atoms with Gasteiger partial charge in [0.25, 0.3) is 0 Å². The van der Waals surface area contributed by atoms with Crippen molar-refractivity contribution in [3.8, 4) is 0 Å². The molecule has 1 N–H and O–H groups in total. The van der Waals surface area contributed by atoms with E-state index in [9.17, 15) is 12.8 Å². The van der Waals surface area contributed by atoms with Gasteiger partial charge in [-0.15, -0.1) is 0 Å². The Morgan fingerprint density at radius 1 is 1.38 bits per heavy atom. The molecule has 0 bridgehead atoms. The van der Waals surface area contributed by atoms with Gasteiger partial charge in [0.05, 0.1) is 11.8 Å². The molecule has 0 saturated heterocycles. The summed E-state index contributed by atoms with van der Waals surface area (Å²) in [7, 11) is -3.39. The van der Waals surface area contributed by atoms with Gasteiger partial charge in [-0.05, 0) is 26.0 Å². The SMILES string of the molecule is CC(C)(NS(C)(=O)=O)c1ccc(Br)cc1F. The Labute approximate surface area is 103 Å². The average Bonchev–Trinajstić information content (AvgIpc) is 1.97. The number of benzene rings is 1. The second-order valence-electron chi connectivity index (χ2n) is 4.12. The molecule has 0 aliphatic heterocycles. The number of hydrogen-bond donors (Lipinski definition) is 1. The van der Waals surface area contributed by atoms with E-state index in [2.05, 4.69) is 20.7 Å². The Hall–Kier alpha value is -0.460. The van der Waals surface area contributed by atoms with Crippen molar-refractivity contribution in [2.75, 3.05) is 6.26 Å². The van der Waals surface area contributed by atoms with Crippen molar-refractivity contribution in [1.82, 2.24) is 4.72 Å². The minimum atomic E-state index is -3.39. The summed E-state index contributed by atoms with van der Waals surface area (Å²) in [5.41, 5.74) is -0.667. The van der Waals surface area contributed by atoms with Gasteiger partial charge in [-0.3, -0.25) is 0 Å². The molecule has 6 heteroatoms. The molecule has 0 heterocycles. The zero-order valence-corrected chi connectivity index (χ0v) is 11.6. The Morgan fingerprint density at radius 2 is 1.94 bits per heavy atom. The molecular weight excluding hydrogens is 297 g/mol. The van der Waals surface area contributed by atoms with Crippen LogP contribution in [0.25, 0.3) is 0 Å². The molecule has 0 atom stereocenters. The van der Waals surface area contributed by atoms with E-state index in [1.165, 1.54) is 6.07 Å². The highest BCUT2D eigenvalue weighted by Gasteiger charge is 2.27. The Kier molecular flexibility index (Phi) is 3.76. The van der Waals surface area contributed by atoms with E-state index in [0.29, 0.717) is 10.0 Å². The smallest absolute Gasteiger partial charge is 0.209 e. The first-order valence-electron chi connectivity index (χ1n) is 4.56. The molecule has 0 amide bonds. The first-order chi connectivity index (χ1) is 7.12. The van der Waals surface area contributed by atoms with Gasteiger partial charge in [0.2, 0.25) is 10.0 Å². The first-order valence-corrected chi connectivity index (χ1v) is 7.25. The van der Waals surface area contributed by atoms with Crippen LogP contribution >= 0.6 is 15.9 Å². The lowest BCUT2D eigenvalue weighted by atomic mass is 9.95. The standard InChI is InChI=1S/C10H13BrFNO2S/c1-10(2,13-16(3,14)15)8-5-4-7(11)6-9(8)12/h4-6,13H,1-3H3. The van der Waals surface area contributed by atoms with Crippen molar-refractivity contribution in [2.24, 2.45) is 0 Å². The Morgan fingerprint density at radius 3 is 2.38 bits per heavy atom. The zero-order valence-electron chi connectivity index (χ0n) is 9.21. The number of halogens is 2. The zero-order chi connectivity index (χ0) is 12.6. The molecule has 1 aromatic carbocycles. The van der Waals surface area contributed by atoms with Crippen LogP contribution in [0.15, 0.2) is 22.7 Å². The van der Waals surface area contributed by atoms with Gasteiger partial charge < -0.3 is 0 Å². The minimum Gasteiger partial charge on any atom is -0.213 e. The largest absolute Gasteiger partial charge is 0.213 e. The predicted molar refractivity (Wildman–Crippen MR) is 65.1 cm³/mol. The van der Waals surface area contributed by atoms with Gasteiger partial charge in [0, 0.05) is 10.0 Å². The van der Waals surface area contributed by atoms with E-state index in [1.54, 1.807) is 26.0 Å². The number of rotatable bonds is 3. The highest BCUT2D eigenvalue weighted by atomic mass is 79.9. The monoisotopic (exact) mass is 309 g/mol. The normalized spacial score (nSPS) is 12.8. The van der Waals surface area contributed by atoms with Crippen molar-refractivity contribution in [2.45, 2.75) is 19.4 Å². The van der Waals surface area contributed by atoms with Crippen LogP contribution in [-0.2, 0) is 15.6 Å². The van der Waals surface area contributed by atoms with Gasteiger partial charge in [0.15, 0.2) is 0 Å². The molecule has 16 heavy (non-hydrogen) atoms. The van der Waals surface area contributed by atoms with Gasteiger partial charge in [-0.25, -0.2) is 17.5 Å². The maximum atomic E-state index is 13.7. The van der Waals surface area contributed by atoms with Gasteiger partial charge in [-0.1, -0.05) is 22.0 Å².